The van der Waals surface area contributed by atoms with Crippen LogP contribution in [0.2, 0.25) is 0 Å². The summed E-state index contributed by atoms with van der Waals surface area (Å²) < 4.78 is 5.75. The molecule has 1 unspecified atom stereocenters. The molecule has 0 saturated heterocycles. The minimum absolute atomic E-state index is 0.291. The van der Waals surface area contributed by atoms with Gasteiger partial charge in [0.1, 0.15) is 0 Å². The molecule has 6 heteroatoms. The van der Waals surface area contributed by atoms with Gasteiger partial charge < -0.3 is 5.32 Å². The summed E-state index contributed by atoms with van der Waals surface area (Å²) in [4.78, 5) is 0. The normalized spacial score (nSPS) is 12.8. The minimum Gasteiger partial charge on any atom is -0.309 e. The van der Waals surface area contributed by atoms with E-state index in [1.807, 2.05) is 23.3 Å². The van der Waals surface area contributed by atoms with Gasteiger partial charge in [-0.1, -0.05) is 11.4 Å². The third kappa shape index (κ3) is 3.34. The van der Waals surface area contributed by atoms with E-state index in [2.05, 4.69) is 33.1 Å². The highest BCUT2D eigenvalue weighted by Gasteiger charge is 2.13. The number of hydrogen-bond acceptors (Lipinski definition) is 5. The van der Waals surface area contributed by atoms with Gasteiger partial charge in [0, 0.05) is 18.6 Å². The van der Waals surface area contributed by atoms with E-state index in [-0.39, 0.29) is 0 Å². The van der Waals surface area contributed by atoms with Gasteiger partial charge in [-0.15, -0.1) is 5.10 Å². The van der Waals surface area contributed by atoms with Gasteiger partial charge in [0.2, 0.25) is 0 Å². The van der Waals surface area contributed by atoms with Crippen molar-refractivity contribution in [3.8, 4) is 0 Å². The van der Waals surface area contributed by atoms with Crippen molar-refractivity contribution in [2.24, 2.45) is 7.05 Å². The van der Waals surface area contributed by atoms with Crippen molar-refractivity contribution in [1.82, 2.24) is 24.7 Å². The Labute approximate surface area is 105 Å². The first-order valence-corrected chi connectivity index (χ1v) is 6.61. The van der Waals surface area contributed by atoms with Crippen molar-refractivity contribution in [2.45, 2.75) is 25.8 Å². The van der Waals surface area contributed by atoms with E-state index >= 15 is 0 Å². The van der Waals surface area contributed by atoms with Crippen molar-refractivity contribution in [3.63, 3.8) is 0 Å². The van der Waals surface area contributed by atoms with Gasteiger partial charge in [-0.25, -0.2) is 0 Å². The van der Waals surface area contributed by atoms with Crippen LogP contribution in [0.15, 0.2) is 17.8 Å². The summed E-state index contributed by atoms with van der Waals surface area (Å²) in [6.07, 6.45) is 6.00. The summed E-state index contributed by atoms with van der Waals surface area (Å²) in [6.45, 7) is 3.05. The number of nitrogens with zero attached hydrogens (tertiary/aromatic N) is 4. The third-order valence-corrected chi connectivity index (χ3v) is 3.19. The topological polar surface area (TPSA) is 55.6 Å². The van der Waals surface area contributed by atoms with Crippen LogP contribution in [0.4, 0.5) is 0 Å². The lowest BCUT2D eigenvalue weighted by Crippen LogP contribution is -2.21. The largest absolute Gasteiger partial charge is 0.309 e. The van der Waals surface area contributed by atoms with Gasteiger partial charge in [-0.2, -0.15) is 5.10 Å². The summed E-state index contributed by atoms with van der Waals surface area (Å²) in [5.41, 5.74) is 2.30. The fourth-order valence-electron chi connectivity index (χ4n) is 1.84. The monoisotopic (exact) mass is 251 g/mol. The Hall–Kier alpha value is -1.27. The zero-order valence-electron chi connectivity index (χ0n) is 10.1. The molecule has 2 rings (SSSR count). The van der Waals surface area contributed by atoms with Gasteiger partial charge >= 0.3 is 0 Å². The van der Waals surface area contributed by atoms with Gasteiger partial charge in [-0.05, 0) is 36.5 Å². The Kier molecular flexibility index (Phi) is 4.22. The quantitative estimate of drug-likeness (QED) is 0.846. The van der Waals surface area contributed by atoms with Gasteiger partial charge in [0.15, 0.2) is 0 Å². The predicted molar refractivity (Wildman–Crippen MR) is 67.9 cm³/mol. The van der Waals surface area contributed by atoms with Crippen molar-refractivity contribution in [3.05, 3.63) is 29.0 Å². The van der Waals surface area contributed by atoms with E-state index in [0.717, 1.165) is 25.1 Å². The SMILES string of the molecule is CCNC(CCc1cnn(C)c1)c1csnn1. The summed E-state index contributed by atoms with van der Waals surface area (Å²) in [6, 6.07) is 0.291. The molecular formula is C11H17N5S. The van der Waals surface area contributed by atoms with Gasteiger partial charge in [-0.3, -0.25) is 4.68 Å². The van der Waals surface area contributed by atoms with E-state index in [9.17, 15) is 0 Å². The smallest absolute Gasteiger partial charge is 0.0924 e. The van der Waals surface area contributed by atoms with E-state index in [0.29, 0.717) is 6.04 Å². The molecule has 2 aromatic rings. The first-order valence-electron chi connectivity index (χ1n) is 5.77. The predicted octanol–water partition coefficient (Wildman–Crippen LogP) is 1.55. The van der Waals surface area contributed by atoms with Crippen LogP contribution in [0.1, 0.15) is 30.6 Å². The maximum atomic E-state index is 4.17. The number of rotatable bonds is 6. The summed E-state index contributed by atoms with van der Waals surface area (Å²) >= 11 is 1.40. The molecule has 2 aromatic heterocycles. The molecule has 0 spiro atoms. The number of aryl methyl sites for hydroxylation is 2. The lowest BCUT2D eigenvalue weighted by molar-refractivity contribution is 0.503. The van der Waals surface area contributed by atoms with E-state index in [4.69, 9.17) is 0 Å². The zero-order valence-corrected chi connectivity index (χ0v) is 10.9. The van der Waals surface area contributed by atoms with Gasteiger partial charge in [0.05, 0.1) is 17.9 Å². The highest BCUT2D eigenvalue weighted by Crippen LogP contribution is 2.17. The van der Waals surface area contributed by atoms with Crippen molar-refractivity contribution in [1.29, 1.82) is 0 Å². The second-order valence-electron chi connectivity index (χ2n) is 4.00. The molecule has 1 atom stereocenters. The van der Waals surface area contributed by atoms with Crippen LogP contribution in [0.3, 0.4) is 0 Å². The van der Waals surface area contributed by atoms with Crippen LogP contribution in [0, 0.1) is 0 Å². The van der Waals surface area contributed by atoms with Crippen LogP contribution >= 0.6 is 11.5 Å². The van der Waals surface area contributed by atoms with Crippen LogP contribution in [0.25, 0.3) is 0 Å². The van der Waals surface area contributed by atoms with E-state index < -0.39 is 0 Å². The van der Waals surface area contributed by atoms with Crippen LogP contribution in [0.5, 0.6) is 0 Å². The van der Waals surface area contributed by atoms with E-state index in [1.165, 1.54) is 17.1 Å². The first-order chi connectivity index (χ1) is 8.29. The summed E-state index contributed by atoms with van der Waals surface area (Å²) in [5, 5.41) is 13.8. The van der Waals surface area contributed by atoms with Crippen molar-refractivity contribution >= 4 is 11.5 Å². The molecule has 2 heterocycles. The van der Waals surface area contributed by atoms with Crippen LogP contribution < -0.4 is 5.32 Å². The fraction of sp³-hybridized carbons (Fsp3) is 0.545. The van der Waals surface area contributed by atoms with Crippen molar-refractivity contribution < 1.29 is 0 Å². The van der Waals surface area contributed by atoms with Crippen LogP contribution in [-0.2, 0) is 13.5 Å². The number of aromatic nitrogens is 4. The van der Waals surface area contributed by atoms with Crippen LogP contribution in [-0.4, -0.2) is 25.9 Å². The highest BCUT2D eigenvalue weighted by atomic mass is 32.1. The first kappa shape index (κ1) is 12.2. The zero-order chi connectivity index (χ0) is 12.1. The second-order valence-corrected chi connectivity index (χ2v) is 4.61. The second kappa shape index (κ2) is 5.88. The Balaban J connectivity index is 1.94. The van der Waals surface area contributed by atoms with Crippen molar-refractivity contribution in [2.75, 3.05) is 6.54 Å². The molecule has 0 amide bonds. The third-order valence-electron chi connectivity index (χ3n) is 2.66. The lowest BCUT2D eigenvalue weighted by atomic mass is 10.1. The standard InChI is InChI=1S/C11H17N5S/c1-3-12-10(11-8-17-15-14-11)5-4-9-6-13-16(2)7-9/h6-8,10,12H,3-5H2,1-2H3. The molecule has 5 nitrogen and oxygen atoms in total. The molecule has 0 bridgehead atoms. The summed E-state index contributed by atoms with van der Waals surface area (Å²) in [7, 11) is 1.94. The summed E-state index contributed by atoms with van der Waals surface area (Å²) in [5.74, 6) is 0. The maximum absolute atomic E-state index is 4.17. The number of nitrogens with one attached hydrogen (secondary N) is 1. The Bertz CT molecular complexity index is 436. The average molecular weight is 251 g/mol. The lowest BCUT2D eigenvalue weighted by Gasteiger charge is -2.14. The van der Waals surface area contributed by atoms with E-state index in [1.54, 1.807) is 0 Å². The molecule has 0 aliphatic carbocycles. The molecular weight excluding hydrogens is 234 g/mol. The highest BCUT2D eigenvalue weighted by molar-refractivity contribution is 7.03. The Morgan fingerprint density at radius 1 is 1.53 bits per heavy atom. The molecule has 0 aliphatic heterocycles. The molecule has 0 fully saturated rings. The van der Waals surface area contributed by atoms with Gasteiger partial charge in [0.25, 0.3) is 0 Å². The molecule has 0 radical (unpaired) electrons. The molecule has 0 aromatic carbocycles. The Morgan fingerprint density at radius 2 is 2.41 bits per heavy atom. The molecule has 0 aliphatic rings. The molecule has 1 N–H and O–H groups in total. The Morgan fingerprint density at radius 3 is 3.00 bits per heavy atom. The average Bonchev–Trinajstić information content (AvgIpc) is 2.95. The molecule has 92 valence electrons. The number of hydrogen-bond donors (Lipinski definition) is 1. The fourth-order valence-corrected chi connectivity index (χ4v) is 2.34. The molecule has 17 heavy (non-hydrogen) atoms. The molecule has 0 saturated carbocycles. The minimum atomic E-state index is 0.291. The maximum Gasteiger partial charge on any atom is 0.0924 e.